The van der Waals surface area contributed by atoms with Crippen molar-refractivity contribution in [3.05, 3.63) is 0 Å². The number of hydrogen-bond donors (Lipinski definition) is 10. The fourth-order valence-corrected chi connectivity index (χ4v) is 4.01. The Hall–Kier alpha value is -3.35. The first-order valence-electron chi connectivity index (χ1n) is 17.2. The number of alkyl halides is 1. The molecule has 0 saturated heterocycles. The van der Waals surface area contributed by atoms with Crippen LogP contribution in [-0.2, 0) is 28.7 Å². The first-order chi connectivity index (χ1) is 24.7. The molecule has 0 saturated carbocycles. The van der Waals surface area contributed by atoms with E-state index >= 15 is 0 Å². The average Bonchev–Trinajstić information content (AvgIpc) is 3.00. The van der Waals surface area contributed by atoms with Gasteiger partial charge in [0.05, 0.1) is 0 Å². The van der Waals surface area contributed by atoms with E-state index in [-0.39, 0.29) is 107 Å². The Kier molecular flexibility index (Phi) is 51.2. The summed E-state index contributed by atoms with van der Waals surface area (Å²) in [5, 5.41) is 32.9. The van der Waals surface area contributed by atoms with Crippen LogP contribution in [0.4, 0.5) is 19.2 Å². The quantitative estimate of drug-likeness (QED) is 0.0695. The predicted octanol–water partition coefficient (Wildman–Crippen LogP) is 3.69. The molecule has 0 spiro atoms. The second-order valence-corrected chi connectivity index (χ2v) is 14.4. The Morgan fingerprint density at radius 3 is 0.983 bits per heavy atom. The van der Waals surface area contributed by atoms with Gasteiger partial charge < -0.3 is 63.1 Å². The van der Waals surface area contributed by atoms with Gasteiger partial charge in [-0.15, -0.1) is 11.6 Å². The smallest absolute Gasteiger partial charge is 0.408 e. The molecule has 0 radical (unpaired) electrons. The van der Waals surface area contributed by atoms with Crippen molar-refractivity contribution in [3.63, 3.8) is 0 Å². The molecule has 0 aliphatic rings. The van der Waals surface area contributed by atoms with E-state index in [0.29, 0.717) is 12.8 Å². The molecular weight excluding hydrogens is 888 g/mol. The lowest BCUT2D eigenvalue weighted by molar-refractivity contribution is -0.142. The van der Waals surface area contributed by atoms with Crippen molar-refractivity contribution >= 4 is 114 Å². The topological polar surface area (TPSA) is 320 Å². The summed E-state index contributed by atoms with van der Waals surface area (Å²) in [6.45, 7) is 17.4. The van der Waals surface area contributed by atoms with Crippen molar-refractivity contribution in [3.8, 4) is 0 Å². The van der Waals surface area contributed by atoms with Gasteiger partial charge in [0.2, 0.25) is 11.8 Å². The van der Waals surface area contributed by atoms with Crippen LogP contribution >= 0.6 is 65.6 Å². The minimum absolute atomic E-state index is 0. The highest BCUT2D eigenvalue weighted by molar-refractivity contribution is 7.59. The van der Waals surface area contributed by atoms with Gasteiger partial charge in [-0.2, -0.15) is 54.0 Å². The lowest BCUT2D eigenvalue weighted by Gasteiger charge is -2.26. The summed E-state index contributed by atoms with van der Waals surface area (Å²) in [7, 11) is 0. The van der Waals surface area contributed by atoms with Gasteiger partial charge in [-0.1, -0.05) is 42.5 Å². The molecule has 0 aliphatic carbocycles. The Balaban J connectivity index is -0.000000108. The van der Waals surface area contributed by atoms with Crippen LogP contribution in [0.25, 0.3) is 0 Å². The van der Waals surface area contributed by atoms with Gasteiger partial charge in [-0.3, -0.25) is 9.59 Å². The van der Waals surface area contributed by atoms with Crippen molar-refractivity contribution in [2.75, 3.05) is 19.5 Å². The van der Waals surface area contributed by atoms with E-state index in [1.54, 1.807) is 69.2 Å². The van der Waals surface area contributed by atoms with Crippen molar-refractivity contribution in [2.24, 2.45) is 23.3 Å². The van der Waals surface area contributed by atoms with Crippen molar-refractivity contribution in [2.45, 2.75) is 145 Å². The van der Waals surface area contributed by atoms with E-state index in [1.165, 1.54) is 6.38 Å². The van der Waals surface area contributed by atoms with Crippen LogP contribution in [0.1, 0.15) is 110 Å². The van der Waals surface area contributed by atoms with Crippen molar-refractivity contribution in [1.29, 1.82) is 0 Å². The molecule has 362 valence electrons. The first kappa shape index (κ1) is 77.3. The molecule has 0 rings (SSSR count). The van der Waals surface area contributed by atoms with E-state index < -0.39 is 83.4 Å². The molecule has 20 nitrogen and oxygen atoms in total. The molecule has 0 bridgehead atoms. The molecule has 4 atom stereocenters. The van der Waals surface area contributed by atoms with Gasteiger partial charge >= 0.3 is 36.2 Å². The maximum atomic E-state index is 12.4. The third-order valence-corrected chi connectivity index (χ3v) is 6.41. The fourth-order valence-electron chi connectivity index (χ4n) is 4.01. The van der Waals surface area contributed by atoms with Gasteiger partial charge in [0, 0.05) is 19.5 Å². The Morgan fingerprint density at radius 2 is 0.800 bits per heavy atom. The molecule has 12 N–H and O–H groups in total. The lowest BCUT2D eigenvalue weighted by Crippen LogP contribution is -2.54. The number of carboxylic acid groups (broad SMARTS) is 2. The number of ether oxygens (including phenoxy) is 2. The van der Waals surface area contributed by atoms with E-state index in [4.69, 9.17) is 20.9 Å². The fraction of sp³-hybridized carbons (Fsp3) is 0.771. The zero-order valence-corrected chi connectivity index (χ0v) is 40.0. The monoisotopic (exact) mass is 966 g/mol. The Morgan fingerprint density at radius 1 is 0.550 bits per heavy atom. The summed E-state index contributed by atoms with van der Waals surface area (Å²) in [4.78, 5) is 92.4. The van der Waals surface area contributed by atoms with Crippen molar-refractivity contribution in [1.82, 2.24) is 31.9 Å². The largest absolute Gasteiger partial charge is 0.480 e. The van der Waals surface area contributed by atoms with Crippen LogP contribution in [0.2, 0.25) is 0 Å². The van der Waals surface area contributed by atoms with Crippen LogP contribution in [0, 0.1) is 11.8 Å². The average molecular weight is 968 g/mol. The molecule has 0 unspecified atom stereocenters. The highest BCUT2D eigenvalue weighted by Crippen LogP contribution is 2.11. The molecule has 0 aromatic carbocycles. The number of rotatable bonds is 18. The van der Waals surface area contributed by atoms with Gasteiger partial charge in [-0.05, 0) is 79.1 Å². The number of primary amides is 2. The highest BCUT2D eigenvalue weighted by Gasteiger charge is 2.31. The normalized spacial score (nSPS) is 11.8. The number of nitrogens with two attached hydrogens (primary N) is 2. The predicted molar refractivity (Wildman–Crippen MR) is 256 cm³/mol. The SMILES string of the molecule is C.C.CC(C)[C@H](NC(=O)OC(C)(C)C)C(=O)N[C@@H](CCCNC(N)=O)C(=O)O.CC(C)[C@H](NC(=O)OC(C)(C)C)C(=O)N[C@@H](CCCNC(N)=O)C(=O)O.CCl.S.S.S.S. The first-order valence-corrected chi connectivity index (χ1v) is 17.9. The van der Waals surface area contributed by atoms with Gasteiger partial charge in [-0.25, -0.2) is 28.8 Å². The molecule has 0 heterocycles. The Bertz CT molecular complexity index is 1150. The number of hydrogen-bond acceptors (Lipinski definition) is 10. The van der Waals surface area contributed by atoms with E-state index in [0.717, 1.165) is 0 Å². The Labute approximate surface area is 389 Å². The molecule has 8 amide bonds. The second-order valence-electron chi connectivity index (χ2n) is 14.4. The van der Waals surface area contributed by atoms with E-state index in [9.17, 15) is 48.6 Å². The van der Waals surface area contributed by atoms with Crippen LogP contribution in [0.15, 0.2) is 0 Å². The molecule has 60 heavy (non-hydrogen) atoms. The standard InChI is InChI=1S/2C16H30N4O6.CH3Cl.2CH4.4H2S/c2*1-9(2)11(20-15(25)26-16(3,4)5)12(21)19-10(13(22)23)7-6-8-18-14(17)24;1-2;;;;;;/h2*9-11H,6-8H2,1-5H3,(H,19,21)(H,20,25)(H,22,23)(H3,17,18,24);1H3;2*1H4;4*1H2/t2*10-,11-;;;;;;;/m00......./s1. The second kappa shape index (κ2) is 39.8. The van der Waals surface area contributed by atoms with Crippen LogP contribution < -0.4 is 43.4 Å². The molecule has 25 heteroatoms. The number of amides is 8. The summed E-state index contributed by atoms with van der Waals surface area (Å²) >= 11 is 4.64. The molecule has 0 aliphatic heterocycles. The van der Waals surface area contributed by atoms with Gasteiger partial charge in [0.25, 0.3) is 0 Å². The number of alkyl carbamates (subject to hydrolysis) is 2. The summed E-state index contributed by atoms with van der Waals surface area (Å²) in [6.07, 6.45) is 0.766. The third-order valence-electron chi connectivity index (χ3n) is 6.41. The number of carboxylic acids is 2. The van der Waals surface area contributed by atoms with E-state index in [2.05, 4.69) is 43.5 Å². The highest BCUT2D eigenvalue weighted by atomic mass is 35.5. The van der Waals surface area contributed by atoms with Gasteiger partial charge in [0.15, 0.2) is 0 Å². The lowest BCUT2D eigenvalue weighted by atomic mass is 10.0. The summed E-state index contributed by atoms with van der Waals surface area (Å²) in [5.41, 5.74) is 8.40. The van der Waals surface area contributed by atoms with Crippen LogP contribution in [0.3, 0.4) is 0 Å². The summed E-state index contributed by atoms with van der Waals surface area (Å²) in [5.74, 6) is -4.24. The maximum Gasteiger partial charge on any atom is 0.408 e. The van der Waals surface area contributed by atoms with Crippen LogP contribution in [0.5, 0.6) is 0 Å². The third kappa shape index (κ3) is 42.8. The van der Waals surface area contributed by atoms with Crippen LogP contribution in [-0.4, -0.2) is 113 Å². The number of nitrogens with one attached hydrogen (secondary N) is 6. The number of aliphatic carboxylic acids is 2. The number of urea groups is 2. The van der Waals surface area contributed by atoms with Crippen molar-refractivity contribution < 1.29 is 58.0 Å². The summed E-state index contributed by atoms with van der Waals surface area (Å²) in [6, 6.07) is -5.62. The summed E-state index contributed by atoms with van der Waals surface area (Å²) < 4.78 is 10.2. The minimum atomic E-state index is -1.21. The number of carbonyl (C=O) groups is 8. The molecule has 0 aromatic rings. The minimum Gasteiger partial charge on any atom is -0.480 e. The molecule has 0 aromatic heterocycles. The number of carbonyl (C=O) groups excluding carboxylic acids is 6. The zero-order chi connectivity index (χ0) is 43.0. The molecular formula is C35H79ClN8O12S4. The maximum absolute atomic E-state index is 12.4. The van der Waals surface area contributed by atoms with Gasteiger partial charge in [0.1, 0.15) is 35.4 Å². The number of halogens is 1. The molecule has 0 fully saturated rings. The zero-order valence-electron chi connectivity index (χ0n) is 35.2. The van der Waals surface area contributed by atoms with E-state index in [1.807, 2.05) is 0 Å².